The second-order valence-corrected chi connectivity index (χ2v) is 4.12. The molecule has 0 nitrogen and oxygen atoms in total. The van der Waals surface area contributed by atoms with Crippen LogP contribution in [-0.2, 0) is 6.42 Å². The molecule has 0 unspecified atom stereocenters. The highest BCUT2D eigenvalue weighted by atomic mass is 35.5. The molecule has 0 fully saturated rings. The zero-order valence-electron chi connectivity index (χ0n) is 8.68. The quantitative estimate of drug-likeness (QED) is 0.656. The lowest BCUT2D eigenvalue weighted by Crippen LogP contribution is -1.91. The Morgan fingerprint density at radius 2 is 2.14 bits per heavy atom. The molecule has 0 aliphatic heterocycles. The summed E-state index contributed by atoms with van der Waals surface area (Å²) in [7, 11) is 0. The van der Waals surface area contributed by atoms with Crippen molar-refractivity contribution in [2.75, 3.05) is 0 Å². The van der Waals surface area contributed by atoms with Crippen molar-refractivity contribution in [1.82, 2.24) is 0 Å². The van der Waals surface area contributed by atoms with Gasteiger partial charge in [-0.1, -0.05) is 37.6 Å². The van der Waals surface area contributed by atoms with Gasteiger partial charge in [-0.15, -0.1) is 12.3 Å². The smallest absolute Gasteiger partial charge is 0.0443 e. The van der Waals surface area contributed by atoms with Gasteiger partial charge in [-0.2, -0.15) is 0 Å². The summed E-state index contributed by atoms with van der Waals surface area (Å²) in [5.74, 6) is 3.11. The van der Waals surface area contributed by atoms with Gasteiger partial charge in [-0.25, -0.2) is 0 Å². The van der Waals surface area contributed by atoms with Crippen LogP contribution in [0.4, 0.5) is 0 Å². The summed E-state index contributed by atoms with van der Waals surface area (Å²) in [5, 5.41) is 0.856. The van der Waals surface area contributed by atoms with E-state index in [1.54, 1.807) is 0 Å². The summed E-state index contributed by atoms with van der Waals surface area (Å²) in [6, 6.07) is 6.23. The molecule has 0 heterocycles. The second kappa shape index (κ2) is 5.08. The van der Waals surface area contributed by atoms with Crippen LogP contribution in [0.3, 0.4) is 0 Å². The fourth-order valence-corrected chi connectivity index (χ4v) is 1.83. The summed E-state index contributed by atoms with van der Waals surface area (Å²) in [6.45, 7) is 4.28. The number of hydrogen-bond acceptors (Lipinski definition) is 0. The molecule has 0 amide bonds. The molecule has 74 valence electrons. The Balaban J connectivity index is 2.85. The van der Waals surface area contributed by atoms with Gasteiger partial charge in [0.1, 0.15) is 0 Å². The predicted octanol–water partition coefficient (Wildman–Crippen LogP) is 4.03. The number of rotatable bonds is 3. The third-order valence-electron chi connectivity index (χ3n) is 2.24. The first-order chi connectivity index (χ1) is 6.65. The number of terminal acetylenes is 1. The largest absolute Gasteiger partial charge is 0.120 e. The van der Waals surface area contributed by atoms with Crippen LogP contribution in [0.1, 0.15) is 37.3 Å². The Kier molecular flexibility index (Phi) is 4.04. The van der Waals surface area contributed by atoms with Gasteiger partial charge in [0.25, 0.3) is 0 Å². The summed E-state index contributed by atoms with van der Waals surface area (Å²) in [4.78, 5) is 0. The zero-order valence-corrected chi connectivity index (χ0v) is 9.43. The van der Waals surface area contributed by atoms with Gasteiger partial charge < -0.3 is 0 Å². The van der Waals surface area contributed by atoms with Crippen LogP contribution in [0.15, 0.2) is 18.2 Å². The van der Waals surface area contributed by atoms with E-state index in [-0.39, 0.29) is 0 Å². The van der Waals surface area contributed by atoms with Gasteiger partial charge >= 0.3 is 0 Å². The van der Waals surface area contributed by atoms with Crippen molar-refractivity contribution >= 4 is 11.6 Å². The van der Waals surface area contributed by atoms with Crippen molar-refractivity contribution in [3.63, 3.8) is 0 Å². The zero-order chi connectivity index (χ0) is 10.6. The van der Waals surface area contributed by atoms with E-state index in [1.165, 1.54) is 11.1 Å². The van der Waals surface area contributed by atoms with E-state index >= 15 is 0 Å². The Morgan fingerprint density at radius 3 is 2.64 bits per heavy atom. The molecule has 0 atom stereocenters. The number of hydrogen-bond donors (Lipinski definition) is 0. The van der Waals surface area contributed by atoms with Gasteiger partial charge in [-0.05, 0) is 29.5 Å². The molecule has 0 saturated carbocycles. The van der Waals surface area contributed by atoms with Crippen LogP contribution in [0.5, 0.6) is 0 Å². The number of halogens is 1. The molecular weight excluding hydrogens is 192 g/mol. The van der Waals surface area contributed by atoms with Crippen molar-refractivity contribution in [1.29, 1.82) is 0 Å². The minimum absolute atomic E-state index is 0.476. The van der Waals surface area contributed by atoms with E-state index in [1.807, 2.05) is 6.07 Å². The molecule has 1 aromatic carbocycles. The van der Waals surface area contributed by atoms with Crippen molar-refractivity contribution in [2.24, 2.45) is 0 Å². The highest BCUT2D eigenvalue weighted by molar-refractivity contribution is 6.31. The van der Waals surface area contributed by atoms with Crippen LogP contribution >= 0.6 is 11.6 Å². The summed E-state index contributed by atoms with van der Waals surface area (Å²) in [5.41, 5.74) is 2.42. The molecular formula is C13H15Cl. The fourth-order valence-electron chi connectivity index (χ4n) is 1.41. The molecule has 0 bridgehead atoms. The molecule has 14 heavy (non-hydrogen) atoms. The minimum Gasteiger partial charge on any atom is -0.120 e. The first-order valence-corrected chi connectivity index (χ1v) is 5.24. The maximum absolute atomic E-state index is 6.15. The molecule has 0 radical (unpaired) electrons. The van der Waals surface area contributed by atoms with Gasteiger partial charge in [-0.3, -0.25) is 0 Å². The molecule has 0 aliphatic rings. The Bertz CT molecular complexity index is 345. The minimum atomic E-state index is 0.476. The first-order valence-electron chi connectivity index (χ1n) is 4.87. The maximum Gasteiger partial charge on any atom is 0.0443 e. The molecule has 0 saturated heterocycles. The first kappa shape index (κ1) is 11.1. The van der Waals surface area contributed by atoms with E-state index in [2.05, 4.69) is 31.9 Å². The van der Waals surface area contributed by atoms with Crippen LogP contribution in [0, 0.1) is 12.3 Å². The maximum atomic E-state index is 6.15. The second-order valence-electron chi connectivity index (χ2n) is 3.71. The van der Waals surface area contributed by atoms with Crippen molar-refractivity contribution in [2.45, 2.75) is 32.6 Å². The lowest BCUT2D eigenvalue weighted by molar-refractivity contribution is 0.864. The fraction of sp³-hybridized carbons (Fsp3) is 0.385. The average molecular weight is 207 g/mol. The SMILES string of the molecule is C#CCCc1ccc(C(C)C)c(Cl)c1. The summed E-state index contributed by atoms with van der Waals surface area (Å²) < 4.78 is 0. The van der Waals surface area contributed by atoms with Crippen LogP contribution in [0.2, 0.25) is 5.02 Å². The van der Waals surface area contributed by atoms with E-state index < -0.39 is 0 Å². The normalized spacial score (nSPS) is 10.2. The lowest BCUT2D eigenvalue weighted by Gasteiger charge is -2.09. The van der Waals surface area contributed by atoms with Crippen LogP contribution < -0.4 is 0 Å². The van der Waals surface area contributed by atoms with E-state index in [4.69, 9.17) is 18.0 Å². The highest BCUT2D eigenvalue weighted by Crippen LogP contribution is 2.25. The molecule has 1 aromatic rings. The molecule has 0 aromatic heterocycles. The van der Waals surface area contributed by atoms with E-state index in [9.17, 15) is 0 Å². The van der Waals surface area contributed by atoms with Gasteiger partial charge in [0.2, 0.25) is 0 Å². The molecule has 0 aliphatic carbocycles. The number of aryl methyl sites for hydroxylation is 1. The Morgan fingerprint density at radius 1 is 1.43 bits per heavy atom. The lowest BCUT2D eigenvalue weighted by atomic mass is 10.0. The average Bonchev–Trinajstić information content (AvgIpc) is 2.14. The topological polar surface area (TPSA) is 0 Å². The molecule has 0 spiro atoms. The van der Waals surface area contributed by atoms with Crippen molar-refractivity contribution < 1.29 is 0 Å². The van der Waals surface area contributed by atoms with Crippen LogP contribution in [0.25, 0.3) is 0 Å². The predicted molar refractivity (Wildman–Crippen MR) is 62.7 cm³/mol. The Labute approximate surface area is 91.3 Å². The number of benzene rings is 1. The van der Waals surface area contributed by atoms with Gasteiger partial charge in [0, 0.05) is 11.4 Å². The standard InChI is InChI=1S/C13H15Cl/c1-4-5-6-11-7-8-12(10(2)3)13(14)9-11/h1,7-10H,5-6H2,2-3H3. The van der Waals surface area contributed by atoms with E-state index in [0.29, 0.717) is 5.92 Å². The van der Waals surface area contributed by atoms with Crippen molar-refractivity contribution in [3.05, 3.63) is 34.3 Å². The third-order valence-corrected chi connectivity index (χ3v) is 2.57. The molecule has 1 rings (SSSR count). The van der Waals surface area contributed by atoms with E-state index in [0.717, 1.165) is 17.9 Å². The van der Waals surface area contributed by atoms with Gasteiger partial charge in [0.15, 0.2) is 0 Å². The molecule has 1 heteroatoms. The third kappa shape index (κ3) is 2.79. The van der Waals surface area contributed by atoms with Crippen molar-refractivity contribution in [3.8, 4) is 12.3 Å². The monoisotopic (exact) mass is 206 g/mol. The van der Waals surface area contributed by atoms with Gasteiger partial charge in [0.05, 0.1) is 0 Å². The summed E-state index contributed by atoms with van der Waals surface area (Å²) >= 11 is 6.15. The molecule has 0 N–H and O–H groups in total. The Hall–Kier alpha value is -0.930. The highest BCUT2D eigenvalue weighted by Gasteiger charge is 2.05. The van der Waals surface area contributed by atoms with Crippen LogP contribution in [-0.4, -0.2) is 0 Å². The summed E-state index contributed by atoms with van der Waals surface area (Å²) in [6.07, 6.45) is 6.90.